The van der Waals surface area contributed by atoms with Gasteiger partial charge in [-0.2, -0.15) is 8.75 Å². The Morgan fingerprint density at radius 3 is 1.93 bits per heavy atom. The van der Waals surface area contributed by atoms with Gasteiger partial charge in [0.25, 0.3) is 0 Å². The number of aromatic nitrogens is 2. The number of nitrogens with zero attached hydrogens (tertiary/aromatic N) is 2. The molecule has 0 saturated carbocycles. The summed E-state index contributed by atoms with van der Waals surface area (Å²) in [6, 6.07) is 4.23. The third kappa shape index (κ3) is 2.19. The highest BCUT2D eigenvalue weighted by atomic mass is 32.1. The molecule has 8 heteroatoms. The standard InChI is InChI=1S/C21H19N3O2S3/c1-8-6-9-18(27-8)12-14-15(24-29-23-14)13-17(16(12)25-20(9,2)3)26-21(4,5)10-7-11(22)28-19(10)13/h6-7H,22H2,1-5H3. The molecule has 6 rings (SSSR count). The summed E-state index contributed by atoms with van der Waals surface area (Å²) in [5.41, 5.74) is 11.2. The van der Waals surface area contributed by atoms with Gasteiger partial charge >= 0.3 is 0 Å². The van der Waals surface area contributed by atoms with Gasteiger partial charge in [-0.05, 0) is 46.8 Å². The van der Waals surface area contributed by atoms with Crippen LogP contribution in [0.15, 0.2) is 12.1 Å². The van der Waals surface area contributed by atoms with Crippen LogP contribution in [0, 0.1) is 6.92 Å². The van der Waals surface area contributed by atoms with Crippen molar-refractivity contribution in [1.29, 1.82) is 0 Å². The van der Waals surface area contributed by atoms with E-state index in [9.17, 15) is 0 Å². The zero-order valence-corrected chi connectivity index (χ0v) is 19.1. The highest BCUT2D eigenvalue weighted by Crippen LogP contribution is 2.62. The zero-order valence-electron chi connectivity index (χ0n) is 16.7. The molecule has 0 unspecified atom stereocenters. The third-order valence-corrected chi connectivity index (χ3v) is 8.27. The number of nitrogens with two attached hydrogens (primary N) is 1. The van der Waals surface area contributed by atoms with Crippen LogP contribution in [0.4, 0.5) is 5.00 Å². The van der Waals surface area contributed by atoms with Gasteiger partial charge in [0.1, 0.15) is 22.2 Å². The Morgan fingerprint density at radius 1 is 0.828 bits per heavy atom. The summed E-state index contributed by atoms with van der Waals surface area (Å²) in [5, 5.41) is 0.769. The maximum absolute atomic E-state index is 6.64. The fourth-order valence-corrected chi connectivity index (χ4v) is 7.27. The van der Waals surface area contributed by atoms with Gasteiger partial charge in [-0.1, -0.05) is 0 Å². The molecule has 2 aliphatic rings. The first-order valence-electron chi connectivity index (χ1n) is 9.39. The Morgan fingerprint density at radius 2 is 1.34 bits per heavy atom. The first-order chi connectivity index (χ1) is 13.7. The average molecular weight is 442 g/mol. The number of benzene rings is 1. The number of anilines is 1. The van der Waals surface area contributed by atoms with E-state index >= 15 is 0 Å². The number of nitrogen functional groups attached to an aromatic ring is 1. The lowest BCUT2D eigenvalue weighted by molar-refractivity contribution is 0.0723. The van der Waals surface area contributed by atoms with Crippen molar-refractivity contribution in [3.8, 4) is 32.4 Å². The summed E-state index contributed by atoms with van der Waals surface area (Å²) in [5.74, 6) is 1.52. The van der Waals surface area contributed by atoms with Crippen LogP contribution in [0.2, 0.25) is 0 Å². The predicted octanol–water partition coefficient (Wildman–Crippen LogP) is 6.29. The normalized spacial score (nSPS) is 17.7. The van der Waals surface area contributed by atoms with E-state index < -0.39 is 11.2 Å². The molecule has 0 amide bonds. The maximum atomic E-state index is 6.64. The summed E-state index contributed by atoms with van der Waals surface area (Å²) in [4.78, 5) is 3.55. The van der Waals surface area contributed by atoms with Gasteiger partial charge in [-0.15, -0.1) is 22.7 Å². The highest BCUT2D eigenvalue weighted by molar-refractivity contribution is 7.19. The molecule has 5 heterocycles. The highest BCUT2D eigenvalue weighted by Gasteiger charge is 2.44. The van der Waals surface area contributed by atoms with E-state index in [2.05, 4.69) is 49.4 Å². The molecule has 0 atom stereocenters. The molecule has 0 saturated heterocycles. The number of rotatable bonds is 0. The summed E-state index contributed by atoms with van der Waals surface area (Å²) in [6.07, 6.45) is 0. The number of hydrogen-bond donors (Lipinski definition) is 1. The topological polar surface area (TPSA) is 70.3 Å². The molecule has 1 aromatic carbocycles. The fraction of sp³-hybridized carbons (Fsp3) is 0.333. The molecule has 5 nitrogen and oxygen atoms in total. The van der Waals surface area contributed by atoms with Crippen molar-refractivity contribution in [3.63, 3.8) is 0 Å². The molecule has 0 aliphatic carbocycles. The van der Waals surface area contributed by atoms with Crippen LogP contribution >= 0.6 is 34.4 Å². The van der Waals surface area contributed by atoms with Gasteiger partial charge in [0, 0.05) is 25.8 Å². The second kappa shape index (κ2) is 5.30. The predicted molar refractivity (Wildman–Crippen MR) is 120 cm³/mol. The fourth-order valence-electron chi connectivity index (χ4n) is 4.39. The molecular weight excluding hydrogens is 422 g/mol. The summed E-state index contributed by atoms with van der Waals surface area (Å²) in [6.45, 7) is 10.5. The molecule has 4 aromatic rings. The third-order valence-electron chi connectivity index (χ3n) is 5.69. The Kier molecular flexibility index (Phi) is 3.23. The number of ether oxygens (including phenoxy) is 2. The molecule has 2 N–H and O–H groups in total. The van der Waals surface area contributed by atoms with E-state index in [4.69, 9.17) is 15.2 Å². The minimum atomic E-state index is -0.513. The molecule has 0 spiro atoms. The zero-order chi connectivity index (χ0) is 20.3. The number of hydrogen-bond acceptors (Lipinski definition) is 8. The van der Waals surface area contributed by atoms with E-state index in [0.29, 0.717) is 0 Å². The number of aryl methyl sites for hydroxylation is 1. The molecule has 29 heavy (non-hydrogen) atoms. The van der Waals surface area contributed by atoms with E-state index in [1.54, 1.807) is 22.7 Å². The minimum Gasteiger partial charge on any atom is -0.478 e. The van der Waals surface area contributed by atoms with Crippen molar-refractivity contribution < 1.29 is 9.47 Å². The first kappa shape index (κ1) is 17.7. The van der Waals surface area contributed by atoms with Crippen molar-refractivity contribution in [2.75, 3.05) is 5.73 Å². The van der Waals surface area contributed by atoms with Crippen molar-refractivity contribution in [3.05, 3.63) is 28.1 Å². The van der Waals surface area contributed by atoms with Crippen molar-refractivity contribution >= 4 is 50.4 Å². The molecule has 0 radical (unpaired) electrons. The Balaban J connectivity index is 1.80. The molecular formula is C21H19N3O2S3. The van der Waals surface area contributed by atoms with Gasteiger partial charge in [-0.25, -0.2) is 0 Å². The number of thiophene rings is 2. The van der Waals surface area contributed by atoms with E-state index in [-0.39, 0.29) is 0 Å². The molecule has 2 aliphatic heterocycles. The lowest BCUT2D eigenvalue weighted by atomic mass is 9.87. The number of fused-ring (bicyclic) bond motifs is 10. The minimum absolute atomic E-state index is 0.458. The summed E-state index contributed by atoms with van der Waals surface area (Å²) in [7, 11) is 0. The average Bonchev–Trinajstić information content (AvgIpc) is 3.32. The van der Waals surface area contributed by atoms with Crippen LogP contribution in [-0.4, -0.2) is 8.75 Å². The Hall–Kier alpha value is -2.16. The second-order valence-corrected chi connectivity index (χ2v) is 11.5. The summed E-state index contributed by atoms with van der Waals surface area (Å²) < 4.78 is 22.6. The molecule has 148 valence electrons. The van der Waals surface area contributed by atoms with E-state index in [1.165, 1.54) is 27.0 Å². The Bertz CT molecular complexity index is 1240. The molecule has 3 aromatic heterocycles. The van der Waals surface area contributed by atoms with Crippen LogP contribution in [0.1, 0.15) is 43.7 Å². The van der Waals surface area contributed by atoms with Crippen LogP contribution in [0.3, 0.4) is 0 Å². The van der Waals surface area contributed by atoms with Gasteiger partial charge in [-0.3, -0.25) is 0 Å². The van der Waals surface area contributed by atoms with Crippen LogP contribution < -0.4 is 15.2 Å². The Labute approximate surface area is 180 Å². The SMILES string of the molecule is Cc1cc2c(s1)-c1c(c3c(c4nsnc14)-c1sc(N)cc1C(C)(C)O3)OC2(C)C. The monoisotopic (exact) mass is 441 g/mol. The lowest BCUT2D eigenvalue weighted by Crippen LogP contribution is -2.32. The smallest absolute Gasteiger partial charge is 0.174 e. The quantitative estimate of drug-likeness (QED) is 0.347. The van der Waals surface area contributed by atoms with Crippen LogP contribution in [0.25, 0.3) is 31.9 Å². The van der Waals surface area contributed by atoms with E-state index in [1.807, 2.05) is 6.07 Å². The maximum Gasteiger partial charge on any atom is 0.174 e. The van der Waals surface area contributed by atoms with Crippen LogP contribution in [0.5, 0.6) is 11.5 Å². The van der Waals surface area contributed by atoms with Gasteiger partial charge in [0.05, 0.1) is 27.9 Å². The molecule has 0 fully saturated rings. The van der Waals surface area contributed by atoms with Crippen LogP contribution in [-0.2, 0) is 11.2 Å². The van der Waals surface area contributed by atoms with Gasteiger partial charge in [0.2, 0.25) is 0 Å². The molecule has 0 bridgehead atoms. The largest absolute Gasteiger partial charge is 0.478 e. The van der Waals surface area contributed by atoms with Gasteiger partial charge in [0.15, 0.2) is 11.5 Å². The second-order valence-electron chi connectivity index (χ2n) is 8.59. The van der Waals surface area contributed by atoms with Gasteiger partial charge < -0.3 is 15.2 Å². The lowest BCUT2D eigenvalue weighted by Gasteiger charge is -2.38. The van der Waals surface area contributed by atoms with E-state index in [0.717, 1.165) is 49.1 Å². The summed E-state index contributed by atoms with van der Waals surface area (Å²) >= 11 is 4.58. The van der Waals surface area contributed by atoms with Crippen molar-refractivity contribution in [2.24, 2.45) is 0 Å². The van der Waals surface area contributed by atoms with Crippen molar-refractivity contribution in [1.82, 2.24) is 8.75 Å². The van der Waals surface area contributed by atoms with Crippen molar-refractivity contribution in [2.45, 2.75) is 45.8 Å². The first-order valence-corrected chi connectivity index (χ1v) is 11.8.